The SMILES string of the molecule is C[C@H](CC(=O)C[C@](C)(O)C1=C[C@@H](O)[C@]2(C)[C@]1(C)C(=O)C=C1[C@@]3(C)CCC(=O)C(C)(C)[C@H]3C[C@H]3O[C@@]132)C(=O)O. The lowest BCUT2D eigenvalue weighted by Crippen LogP contribution is -2.66. The van der Waals surface area contributed by atoms with E-state index in [1.165, 1.54) is 19.9 Å². The Morgan fingerprint density at radius 2 is 1.82 bits per heavy atom. The van der Waals surface area contributed by atoms with Gasteiger partial charge in [0.15, 0.2) is 5.78 Å². The highest BCUT2D eigenvalue weighted by atomic mass is 16.6. The van der Waals surface area contributed by atoms with E-state index in [1.807, 2.05) is 20.8 Å². The number of carbonyl (C=O) groups is 4. The minimum absolute atomic E-state index is 0.00758. The summed E-state index contributed by atoms with van der Waals surface area (Å²) in [6.07, 6.45) is 2.80. The maximum Gasteiger partial charge on any atom is 0.306 e. The molecule has 3 N–H and O–H groups in total. The lowest BCUT2D eigenvalue weighted by atomic mass is 9.40. The Labute approximate surface area is 223 Å². The summed E-state index contributed by atoms with van der Waals surface area (Å²) in [6.45, 7) is 12.5. The highest BCUT2D eigenvalue weighted by molar-refractivity contribution is 6.02. The van der Waals surface area contributed by atoms with E-state index in [4.69, 9.17) is 4.74 Å². The quantitative estimate of drug-likeness (QED) is 0.353. The topological polar surface area (TPSA) is 141 Å². The van der Waals surface area contributed by atoms with Gasteiger partial charge in [0.2, 0.25) is 0 Å². The Bertz CT molecular complexity index is 1220. The van der Waals surface area contributed by atoms with Gasteiger partial charge in [-0.25, -0.2) is 0 Å². The van der Waals surface area contributed by atoms with E-state index in [2.05, 4.69) is 6.92 Å². The van der Waals surface area contributed by atoms with Crippen LogP contribution in [0.4, 0.5) is 0 Å². The van der Waals surface area contributed by atoms with E-state index in [1.54, 1.807) is 13.0 Å². The third-order valence-electron chi connectivity index (χ3n) is 11.5. The number of ether oxygens (including phenoxy) is 1. The summed E-state index contributed by atoms with van der Waals surface area (Å²) in [5, 5.41) is 32.5. The third kappa shape index (κ3) is 3.02. The molecule has 4 aliphatic carbocycles. The predicted octanol–water partition coefficient (Wildman–Crippen LogP) is 3.18. The Morgan fingerprint density at radius 1 is 1.18 bits per heavy atom. The van der Waals surface area contributed by atoms with Gasteiger partial charge < -0.3 is 20.1 Å². The van der Waals surface area contributed by atoms with Gasteiger partial charge >= 0.3 is 5.97 Å². The number of Topliss-reactive ketones (excluding diaryl/α,β-unsaturated/α-hetero) is 2. The fourth-order valence-electron chi connectivity index (χ4n) is 9.05. The zero-order chi connectivity index (χ0) is 28.4. The lowest BCUT2D eigenvalue weighted by Gasteiger charge is -2.60. The number of aliphatic hydroxyl groups is 2. The third-order valence-corrected chi connectivity index (χ3v) is 11.5. The summed E-state index contributed by atoms with van der Waals surface area (Å²) in [4.78, 5) is 51.1. The molecule has 8 heteroatoms. The minimum atomic E-state index is -1.77. The van der Waals surface area contributed by atoms with Crippen molar-refractivity contribution < 1.29 is 39.2 Å². The number of carboxylic acids is 1. The van der Waals surface area contributed by atoms with Crippen LogP contribution in [0.3, 0.4) is 0 Å². The van der Waals surface area contributed by atoms with Crippen LogP contribution in [0.1, 0.15) is 80.6 Å². The molecule has 2 saturated carbocycles. The van der Waals surface area contributed by atoms with E-state index in [9.17, 15) is 34.5 Å². The smallest absolute Gasteiger partial charge is 0.306 e. The van der Waals surface area contributed by atoms with Gasteiger partial charge in [-0.2, -0.15) is 0 Å². The molecule has 3 fully saturated rings. The van der Waals surface area contributed by atoms with Crippen LogP contribution >= 0.6 is 0 Å². The number of carbonyl (C=O) groups excluding carboxylic acids is 3. The Hall–Kier alpha value is -2.16. The molecule has 5 aliphatic rings. The van der Waals surface area contributed by atoms with Crippen LogP contribution in [0.5, 0.6) is 0 Å². The molecular formula is C30H40O8. The lowest BCUT2D eigenvalue weighted by molar-refractivity contribution is -0.147. The van der Waals surface area contributed by atoms with Gasteiger partial charge in [-0.1, -0.05) is 40.7 Å². The number of ketones is 3. The summed E-state index contributed by atoms with van der Waals surface area (Å²) in [7, 11) is 0. The van der Waals surface area contributed by atoms with Crippen molar-refractivity contribution in [1.82, 2.24) is 0 Å². The van der Waals surface area contributed by atoms with Crippen molar-refractivity contribution in [2.45, 2.75) is 104 Å². The van der Waals surface area contributed by atoms with Gasteiger partial charge in [0, 0.05) is 30.1 Å². The van der Waals surface area contributed by atoms with Crippen LogP contribution in [0.15, 0.2) is 23.3 Å². The molecule has 1 aliphatic heterocycles. The summed E-state index contributed by atoms with van der Waals surface area (Å²) >= 11 is 0. The molecule has 0 aromatic rings. The largest absolute Gasteiger partial charge is 0.481 e. The van der Waals surface area contributed by atoms with Gasteiger partial charge in [0.05, 0.1) is 29.1 Å². The molecule has 0 aromatic heterocycles. The number of aliphatic carboxylic acids is 1. The van der Waals surface area contributed by atoms with E-state index < -0.39 is 56.6 Å². The number of fused-ring (bicyclic) bond motifs is 3. The van der Waals surface area contributed by atoms with Crippen molar-refractivity contribution in [1.29, 1.82) is 0 Å². The van der Waals surface area contributed by atoms with Crippen LogP contribution in [-0.2, 0) is 23.9 Å². The number of aliphatic hydroxyl groups excluding tert-OH is 1. The summed E-state index contributed by atoms with van der Waals surface area (Å²) in [6, 6.07) is 0. The van der Waals surface area contributed by atoms with Crippen LogP contribution < -0.4 is 0 Å². The molecule has 1 heterocycles. The fourth-order valence-corrected chi connectivity index (χ4v) is 9.05. The second-order valence-electron chi connectivity index (χ2n) is 13.9. The first-order valence-electron chi connectivity index (χ1n) is 13.7. The number of allylic oxidation sites excluding steroid dienone is 1. The van der Waals surface area contributed by atoms with Crippen molar-refractivity contribution in [3.63, 3.8) is 0 Å². The van der Waals surface area contributed by atoms with Crippen molar-refractivity contribution >= 4 is 23.3 Å². The zero-order valence-corrected chi connectivity index (χ0v) is 23.4. The fraction of sp³-hybridized carbons (Fsp3) is 0.733. The Morgan fingerprint density at radius 3 is 2.42 bits per heavy atom. The standard InChI is InChI=1S/C30H40O8/c1-15(24(35)36)10-16(31)14-27(5,37)19-12-22(34)29(7)28(19,6)21(33)11-18-26(4)9-8-20(32)25(2,3)17(26)13-23-30(18,29)38-23/h11-12,15,17,22-23,34,37H,8-10,13-14H2,1-7H3,(H,35,36)/t15-,17-,22-,23-,26+,27+,28+,29-,30+/m1/s1. The van der Waals surface area contributed by atoms with Gasteiger partial charge in [-0.3, -0.25) is 19.2 Å². The number of hydrogen-bond acceptors (Lipinski definition) is 7. The number of carboxylic acid groups (broad SMARTS) is 1. The zero-order valence-electron chi connectivity index (χ0n) is 23.4. The predicted molar refractivity (Wildman–Crippen MR) is 137 cm³/mol. The number of rotatable bonds is 6. The highest BCUT2D eigenvalue weighted by Gasteiger charge is 2.85. The second kappa shape index (κ2) is 7.73. The van der Waals surface area contributed by atoms with Crippen molar-refractivity contribution in [2.75, 3.05) is 0 Å². The van der Waals surface area contributed by atoms with Crippen LogP contribution in [0.2, 0.25) is 0 Å². The van der Waals surface area contributed by atoms with Crippen LogP contribution in [0, 0.1) is 33.5 Å². The minimum Gasteiger partial charge on any atom is -0.481 e. The maximum absolute atomic E-state index is 14.2. The summed E-state index contributed by atoms with van der Waals surface area (Å²) < 4.78 is 6.54. The van der Waals surface area contributed by atoms with Gasteiger partial charge in [-0.15, -0.1) is 0 Å². The average molecular weight is 529 g/mol. The molecule has 1 spiro atoms. The van der Waals surface area contributed by atoms with Crippen molar-refractivity contribution in [3.8, 4) is 0 Å². The molecule has 0 bridgehead atoms. The monoisotopic (exact) mass is 528 g/mol. The van der Waals surface area contributed by atoms with Gasteiger partial charge in [-0.05, 0) is 55.2 Å². The van der Waals surface area contributed by atoms with Crippen molar-refractivity contribution in [2.24, 2.45) is 33.5 Å². The molecule has 38 heavy (non-hydrogen) atoms. The normalized spacial score (nSPS) is 44.9. The molecular weight excluding hydrogens is 488 g/mol. The molecule has 208 valence electrons. The molecule has 1 saturated heterocycles. The van der Waals surface area contributed by atoms with E-state index in [-0.39, 0.29) is 42.0 Å². The molecule has 0 unspecified atom stereocenters. The van der Waals surface area contributed by atoms with Crippen molar-refractivity contribution in [3.05, 3.63) is 23.3 Å². The molecule has 0 amide bonds. The first-order valence-corrected chi connectivity index (χ1v) is 13.7. The van der Waals surface area contributed by atoms with Gasteiger partial charge in [0.1, 0.15) is 17.2 Å². The second-order valence-corrected chi connectivity index (χ2v) is 13.9. The molecule has 8 nitrogen and oxygen atoms in total. The molecule has 9 atom stereocenters. The number of epoxide rings is 1. The highest BCUT2D eigenvalue weighted by Crippen LogP contribution is 2.78. The molecule has 0 aromatic carbocycles. The first kappa shape index (κ1) is 27.4. The summed E-state index contributed by atoms with van der Waals surface area (Å²) in [5.41, 5.74) is -5.09. The maximum atomic E-state index is 14.2. The summed E-state index contributed by atoms with van der Waals surface area (Å²) in [5.74, 6) is -2.48. The molecule has 5 rings (SSSR count). The van der Waals surface area contributed by atoms with E-state index >= 15 is 0 Å². The van der Waals surface area contributed by atoms with E-state index in [0.29, 0.717) is 19.3 Å². The van der Waals surface area contributed by atoms with Gasteiger partial charge in [0.25, 0.3) is 0 Å². The first-order chi connectivity index (χ1) is 17.3. The van der Waals surface area contributed by atoms with E-state index in [0.717, 1.165) is 5.57 Å². The van der Waals surface area contributed by atoms with Crippen LogP contribution in [-0.4, -0.2) is 62.0 Å². The number of hydrogen-bond donors (Lipinski definition) is 3. The van der Waals surface area contributed by atoms with Crippen LogP contribution in [0.25, 0.3) is 0 Å². The average Bonchev–Trinajstić information content (AvgIpc) is 3.48. The Kier molecular flexibility index (Phi) is 5.58. The Balaban J connectivity index is 1.57. The molecule has 0 radical (unpaired) electrons.